The van der Waals surface area contributed by atoms with E-state index in [1.807, 2.05) is 36.4 Å². The van der Waals surface area contributed by atoms with Crippen LogP contribution in [0.25, 0.3) is 0 Å². The summed E-state index contributed by atoms with van der Waals surface area (Å²) in [5.41, 5.74) is 1.70. The Balaban J connectivity index is 1.42. The third-order valence-electron chi connectivity index (χ3n) is 5.63. The lowest BCUT2D eigenvalue weighted by molar-refractivity contribution is 0.108. The molecule has 2 aromatic carbocycles. The largest absolute Gasteiger partial charge is 0.486 e. The summed E-state index contributed by atoms with van der Waals surface area (Å²) in [6.45, 7) is 3.96. The zero-order valence-corrected chi connectivity index (χ0v) is 18.9. The second kappa shape index (κ2) is 10.3. The van der Waals surface area contributed by atoms with Crippen molar-refractivity contribution in [2.45, 2.75) is 31.5 Å². The number of ether oxygens (including phenoxy) is 2. The summed E-state index contributed by atoms with van der Waals surface area (Å²) >= 11 is 3.41. The van der Waals surface area contributed by atoms with Gasteiger partial charge in [-0.1, -0.05) is 34.1 Å². The van der Waals surface area contributed by atoms with E-state index >= 15 is 0 Å². The molecule has 2 heterocycles. The zero-order chi connectivity index (χ0) is 21.6. The van der Waals surface area contributed by atoms with Crippen molar-refractivity contribution in [3.8, 4) is 11.5 Å². The molecule has 2 amide bonds. The van der Waals surface area contributed by atoms with Gasteiger partial charge < -0.3 is 30.1 Å². The van der Waals surface area contributed by atoms with E-state index in [0.29, 0.717) is 43.4 Å². The molecule has 0 unspecified atom stereocenters. The SMILES string of the molecule is O=C(NCc1ccc(Br)cc1)N[C@H](CN1CCCC1)[C@H](O)c1ccc2c(c1)OCCO2. The molecule has 2 atom stereocenters. The third kappa shape index (κ3) is 5.90. The van der Waals surface area contributed by atoms with Crippen molar-refractivity contribution in [2.75, 3.05) is 32.8 Å². The number of aliphatic hydroxyl groups is 1. The van der Waals surface area contributed by atoms with E-state index in [1.165, 1.54) is 0 Å². The van der Waals surface area contributed by atoms with Crippen molar-refractivity contribution >= 4 is 22.0 Å². The van der Waals surface area contributed by atoms with E-state index in [2.05, 4.69) is 31.5 Å². The van der Waals surface area contributed by atoms with Crippen LogP contribution in [0.5, 0.6) is 11.5 Å². The standard InChI is InChI=1S/C23H28BrN3O4/c24-18-6-3-16(4-7-18)14-25-23(29)26-19(15-27-9-1-2-10-27)22(28)17-5-8-20-21(13-17)31-12-11-30-20/h3-8,13,19,22,28H,1-2,9-12,14-15H2,(H2,25,26,29)/t19-,22-/m1/s1. The van der Waals surface area contributed by atoms with Gasteiger partial charge in [0.05, 0.1) is 6.04 Å². The number of carbonyl (C=O) groups excluding carboxylic acids is 1. The average Bonchev–Trinajstić information content (AvgIpc) is 3.30. The topological polar surface area (TPSA) is 83.1 Å². The first kappa shape index (κ1) is 21.9. The van der Waals surface area contributed by atoms with Crippen LogP contribution in [0.3, 0.4) is 0 Å². The van der Waals surface area contributed by atoms with Crippen LogP contribution < -0.4 is 20.1 Å². The Morgan fingerprint density at radius 3 is 2.52 bits per heavy atom. The number of nitrogens with zero attached hydrogens (tertiary/aromatic N) is 1. The maximum atomic E-state index is 12.6. The number of benzene rings is 2. The molecule has 8 heteroatoms. The van der Waals surface area contributed by atoms with E-state index in [-0.39, 0.29) is 6.03 Å². The van der Waals surface area contributed by atoms with Crippen molar-refractivity contribution in [3.63, 3.8) is 0 Å². The van der Waals surface area contributed by atoms with Crippen LogP contribution in [0.4, 0.5) is 4.79 Å². The highest BCUT2D eigenvalue weighted by molar-refractivity contribution is 9.10. The van der Waals surface area contributed by atoms with Gasteiger partial charge in [0.1, 0.15) is 19.3 Å². The number of fused-ring (bicyclic) bond motifs is 1. The summed E-state index contributed by atoms with van der Waals surface area (Å²) in [6.07, 6.45) is 1.42. The monoisotopic (exact) mass is 489 g/mol. The maximum Gasteiger partial charge on any atom is 0.315 e. The van der Waals surface area contributed by atoms with Crippen LogP contribution in [-0.4, -0.2) is 54.9 Å². The van der Waals surface area contributed by atoms with E-state index in [1.54, 1.807) is 6.07 Å². The molecule has 1 fully saturated rings. The molecule has 0 bridgehead atoms. The molecule has 0 spiro atoms. The minimum Gasteiger partial charge on any atom is -0.486 e. The Labute approximate surface area is 190 Å². The normalized spacial score (nSPS) is 17.7. The molecule has 1 saturated heterocycles. The van der Waals surface area contributed by atoms with Crippen molar-refractivity contribution < 1.29 is 19.4 Å². The minimum absolute atomic E-state index is 0.302. The Hall–Kier alpha value is -2.29. The number of nitrogens with one attached hydrogen (secondary N) is 2. The van der Waals surface area contributed by atoms with Gasteiger partial charge in [-0.05, 0) is 61.3 Å². The van der Waals surface area contributed by atoms with Crippen LogP contribution in [0.15, 0.2) is 46.9 Å². The lowest BCUT2D eigenvalue weighted by Crippen LogP contribution is -2.49. The number of rotatable bonds is 7. The molecule has 4 rings (SSSR count). The Morgan fingerprint density at radius 2 is 1.77 bits per heavy atom. The van der Waals surface area contributed by atoms with E-state index in [9.17, 15) is 9.90 Å². The first-order valence-corrected chi connectivity index (χ1v) is 11.5. The highest BCUT2D eigenvalue weighted by Crippen LogP contribution is 2.33. The summed E-state index contributed by atoms with van der Waals surface area (Å²) in [7, 11) is 0. The first-order chi connectivity index (χ1) is 15.1. The zero-order valence-electron chi connectivity index (χ0n) is 17.4. The van der Waals surface area contributed by atoms with Crippen molar-refractivity contribution in [2.24, 2.45) is 0 Å². The van der Waals surface area contributed by atoms with Gasteiger partial charge in [-0.25, -0.2) is 4.79 Å². The third-order valence-corrected chi connectivity index (χ3v) is 6.15. The summed E-state index contributed by atoms with van der Waals surface area (Å²) in [6, 6.07) is 12.5. The minimum atomic E-state index is -0.866. The van der Waals surface area contributed by atoms with Gasteiger partial charge in [-0.15, -0.1) is 0 Å². The smallest absolute Gasteiger partial charge is 0.315 e. The second-order valence-corrected chi connectivity index (χ2v) is 8.83. The molecule has 2 aromatic rings. The van der Waals surface area contributed by atoms with Crippen LogP contribution in [0.2, 0.25) is 0 Å². The number of amides is 2. The highest BCUT2D eigenvalue weighted by atomic mass is 79.9. The maximum absolute atomic E-state index is 12.6. The number of halogens is 1. The lowest BCUT2D eigenvalue weighted by atomic mass is 10.0. The fraction of sp³-hybridized carbons (Fsp3) is 0.435. The summed E-state index contributed by atoms with van der Waals surface area (Å²) in [5.74, 6) is 1.31. The van der Waals surface area contributed by atoms with Crippen molar-refractivity contribution in [1.29, 1.82) is 0 Å². The van der Waals surface area contributed by atoms with E-state index in [0.717, 1.165) is 36.0 Å². The van der Waals surface area contributed by atoms with Crippen LogP contribution in [0, 0.1) is 0 Å². The van der Waals surface area contributed by atoms with Gasteiger partial charge in [0.15, 0.2) is 11.5 Å². The lowest BCUT2D eigenvalue weighted by Gasteiger charge is -2.29. The van der Waals surface area contributed by atoms with Crippen LogP contribution in [-0.2, 0) is 6.54 Å². The van der Waals surface area contributed by atoms with Gasteiger partial charge in [0, 0.05) is 17.6 Å². The van der Waals surface area contributed by atoms with Gasteiger partial charge in [-0.3, -0.25) is 0 Å². The summed E-state index contributed by atoms with van der Waals surface area (Å²) in [4.78, 5) is 14.9. The molecule has 2 aliphatic rings. The predicted molar refractivity (Wildman–Crippen MR) is 121 cm³/mol. The molecule has 0 radical (unpaired) electrons. The molecular weight excluding hydrogens is 462 g/mol. The first-order valence-electron chi connectivity index (χ1n) is 10.7. The predicted octanol–water partition coefficient (Wildman–Crippen LogP) is 3.22. The Kier molecular flexibility index (Phi) is 7.32. The number of urea groups is 1. The quantitative estimate of drug-likeness (QED) is 0.556. The molecule has 166 valence electrons. The Morgan fingerprint density at radius 1 is 1.06 bits per heavy atom. The summed E-state index contributed by atoms with van der Waals surface area (Å²) in [5, 5.41) is 17.0. The number of aliphatic hydroxyl groups excluding tert-OH is 1. The van der Waals surface area contributed by atoms with Gasteiger partial charge in [-0.2, -0.15) is 0 Å². The Bertz CT molecular complexity index is 887. The average molecular weight is 490 g/mol. The van der Waals surface area contributed by atoms with Gasteiger partial charge >= 0.3 is 6.03 Å². The van der Waals surface area contributed by atoms with Crippen molar-refractivity contribution in [1.82, 2.24) is 15.5 Å². The van der Waals surface area contributed by atoms with E-state index in [4.69, 9.17) is 9.47 Å². The molecule has 0 aromatic heterocycles. The number of hydrogen-bond donors (Lipinski definition) is 3. The fourth-order valence-corrected chi connectivity index (χ4v) is 4.21. The molecule has 3 N–H and O–H groups in total. The van der Waals surface area contributed by atoms with Gasteiger partial charge in [0.25, 0.3) is 0 Å². The molecule has 0 saturated carbocycles. The molecular formula is C23H28BrN3O4. The molecule has 31 heavy (non-hydrogen) atoms. The second-order valence-electron chi connectivity index (χ2n) is 7.92. The van der Waals surface area contributed by atoms with E-state index < -0.39 is 12.1 Å². The van der Waals surface area contributed by atoms with Crippen LogP contribution in [0.1, 0.15) is 30.1 Å². The van der Waals surface area contributed by atoms with Crippen LogP contribution >= 0.6 is 15.9 Å². The molecule has 0 aliphatic carbocycles. The number of carbonyl (C=O) groups is 1. The van der Waals surface area contributed by atoms with Gasteiger partial charge in [0.2, 0.25) is 0 Å². The fourth-order valence-electron chi connectivity index (χ4n) is 3.95. The van der Waals surface area contributed by atoms with Crippen molar-refractivity contribution in [3.05, 3.63) is 58.1 Å². The molecule has 2 aliphatic heterocycles. The highest BCUT2D eigenvalue weighted by Gasteiger charge is 2.27. The molecule has 7 nitrogen and oxygen atoms in total. The number of hydrogen-bond acceptors (Lipinski definition) is 5. The summed E-state index contributed by atoms with van der Waals surface area (Å²) < 4.78 is 12.2. The number of likely N-dealkylation sites (tertiary alicyclic amines) is 1.